The monoisotopic (exact) mass is 1460 g/mol. The van der Waals surface area contributed by atoms with Crippen LogP contribution in [0, 0.1) is 75.9 Å². The van der Waals surface area contributed by atoms with Gasteiger partial charge in [0.2, 0.25) is 11.7 Å². The van der Waals surface area contributed by atoms with Crippen LogP contribution in [0.3, 0.4) is 0 Å². The quantitative estimate of drug-likeness (QED) is 0.0140. The fraction of sp³-hybridized carbons (Fsp3) is 0.707. The highest BCUT2D eigenvalue weighted by molar-refractivity contribution is 6.01. The van der Waals surface area contributed by atoms with E-state index in [0.29, 0.717) is 61.6 Å². The number of primary amides is 1. The van der Waals surface area contributed by atoms with Gasteiger partial charge in [0.1, 0.15) is 25.4 Å². The molecule has 1 saturated heterocycles. The highest BCUT2D eigenvalue weighted by Gasteiger charge is 2.80. The lowest BCUT2D eigenvalue weighted by atomic mass is 9.44. The van der Waals surface area contributed by atoms with Crippen LogP contribution in [0.1, 0.15) is 144 Å². The second-order valence-electron chi connectivity index (χ2n) is 29.5. The number of alkyl carbamates (subject to hydrolysis) is 3. The largest absolute Gasteiger partial charge is 0.457 e. The molecular weight excluding hydrogens is 1360 g/mol. The zero-order valence-corrected chi connectivity index (χ0v) is 60.8. The van der Waals surface area contributed by atoms with Gasteiger partial charge in [-0.05, 0) is 136 Å². The molecule has 9 N–H and O–H groups in total. The maximum absolute atomic E-state index is 18.1. The van der Waals surface area contributed by atoms with Crippen LogP contribution in [0.2, 0.25) is 0 Å². The Morgan fingerprint density at radius 2 is 1.43 bits per heavy atom. The van der Waals surface area contributed by atoms with Gasteiger partial charge >= 0.3 is 30.3 Å². The van der Waals surface area contributed by atoms with Gasteiger partial charge in [-0.3, -0.25) is 28.8 Å². The first-order chi connectivity index (χ1) is 49.6. The molecule has 576 valence electrons. The summed E-state index contributed by atoms with van der Waals surface area (Å²) in [6.07, 6.45) is -0.185. The van der Waals surface area contributed by atoms with Crippen LogP contribution >= 0.6 is 0 Å². The number of anilines is 1. The summed E-state index contributed by atoms with van der Waals surface area (Å²) in [4.78, 5) is 133. The highest BCUT2D eigenvalue weighted by atomic mass is 19.1. The summed E-state index contributed by atoms with van der Waals surface area (Å²) in [5.74, 6) is -0.523. The molecule has 1 aromatic rings. The number of alkyl halides is 2. The number of allylic oxidation sites excluding steroid dienone is 4. The zero-order chi connectivity index (χ0) is 75.5. The van der Waals surface area contributed by atoms with Crippen molar-refractivity contribution in [3.8, 4) is 11.8 Å². The van der Waals surface area contributed by atoms with E-state index in [0.717, 1.165) is 31.8 Å². The van der Waals surface area contributed by atoms with E-state index in [9.17, 15) is 58.2 Å². The van der Waals surface area contributed by atoms with E-state index in [-0.39, 0.29) is 109 Å². The predicted molar refractivity (Wildman–Crippen MR) is 371 cm³/mol. The number of nitrogens with one attached hydrogen (secondary N) is 5. The smallest absolute Gasteiger partial charge is 0.408 e. The van der Waals surface area contributed by atoms with Gasteiger partial charge in [-0.2, -0.15) is 0 Å². The third-order valence-corrected chi connectivity index (χ3v) is 21.8. The Bertz CT molecular complexity index is 3310. The van der Waals surface area contributed by atoms with Crippen molar-refractivity contribution >= 4 is 65.0 Å². The number of esters is 1. The molecule has 8 rings (SSSR count). The summed E-state index contributed by atoms with van der Waals surface area (Å²) in [7, 11) is 0. The van der Waals surface area contributed by atoms with Crippen LogP contribution in [0.5, 0.6) is 0 Å². The SMILES string of the molecule is CCCC1O[C@@H]2C[C@H]3[C@@H]4C[C@H](F)C5=CC(=O)C=C[C@]5(C)[C@@]4(F)[C@@H](O)C[C@]3(C)[C@]2(C(=O)COC(=O)[C@@H](CC(=O)[C@H](CO)NC(=O)OCc2ccc(NC(=O)[C@H](CCCNC(N)=O)CC(=O)[C@@H](NC(=O)OCCOCCOCCOCCNC(=O)OCC3[C@H]4CCC#CCC[C@@H]34)C(C)C)cc2)CC(C)C)O1. The van der Waals surface area contributed by atoms with E-state index < -0.39 is 167 Å². The van der Waals surface area contributed by atoms with Crippen LogP contribution in [-0.4, -0.2) is 197 Å². The van der Waals surface area contributed by atoms with Gasteiger partial charge < -0.3 is 85.2 Å². The molecule has 4 saturated carbocycles. The summed E-state index contributed by atoms with van der Waals surface area (Å²) >= 11 is 0. The van der Waals surface area contributed by atoms with Gasteiger partial charge in [-0.15, -0.1) is 11.8 Å². The Morgan fingerprint density at radius 1 is 0.779 bits per heavy atom. The molecule has 0 bridgehead atoms. The predicted octanol–water partition coefficient (Wildman–Crippen LogP) is 7.15. The molecule has 17 atom stereocenters. The molecular formula is C75H106F2N6O21. The first-order valence-electron chi connectivity index (χ1n) is 36.6. The van der Waals surface area contributed by atoms with E-state index in [1.807, 2.05) is 6.92 Å². The number of fused-ring (bicyclic) bond motifs is 8. The molecule has 2 unspecified atom stereocenters. The van der Waals surface area contributed by atoms with Crippen LogP contribution in [0.4, 0.5) is 33.6 Å². The Morgan fingerprint density at radius 3 is 2.08 bits per heavy atom. The molecule has 7 aliphatic rings. The summed E-state index contributed by atoms with van der Waals surface area (Å²) in [6, 6.07) is 2.78. The first kappa shape index (κ1) is 82.2. The second-order valence-corrected chi connectivity index (χ2v) is 29.5. The number of aliphatic hydroxyl groups excluding tert-OH is 2. The summed E-state index contributed by atoms with van der Waals surface area (Å²) in [5, 5.41) is 35.2. The van der Waals surface area contributed by atoms with Crippen LogP contribution in [0.15, 0.2) is 48.1 Å². The number of benzene rings is 1. The van der Waals surface area contributed by atoms with Crippen molar-refractivity contribution in [3.05, 3.63) is 53.6 Å². The van der Waals surface area contributed by atoms with Gasteiger partial charge in [0.15, 0.2) is 41.5 Å². The van der Waals surface area contributed by atoms with Crippen molar-refractivity contribution in [2.75, 3.05) is 84.5 Å². The number of ketones is 4. The third kappa shape index (κ3) is 20.2. The minimum absolute atomic E-state index is 0.0414. The van der Waals surface area contributed by atoms with E-state index >= 15 is 8.78 Å². The average molecular weight is 1470 g/mol. The normalized spacial score (nSPS) is 28.8. The number of carbonyl (C=O) groups is 10. The number of amides is 6. The van der Waals surface area contributed by atoms with Crippen LogP contribution in [0.25, 0.3) is 0 Å². The Labute approximate surface area is 606 Å². The molecule has 6 aliphatic carbocycles. The van der Waals surface area contributed by atoms with Crippen molar-refractivity contribution in [1.82, 2.24) is 21.3 Å². The number of halogens is 2. The molecule has 0 radical (unpaired) electrons. The molecule has 0 aromatic heterocycles. The average Bonchev–Trinajstić information content (AvgIpc) is 1.43. The third-order valence-electron chi connectivity index (χ3n) is 21.8. The topological polar surface area (TPSA) is 380 Å². The number of rotatable bonds is 40. The van der Waals surface area contributed by atoms with Crippen molar-refractivity contribution in [2.24, 2.45) is 69.8 Å². The standard InChI is InChI=1S/C75H106F2N6O21/c1-8-14-64-103-63-38-54-55-37-57(76)56-36-50(85)22-23-72(56,6)74(55,77)61(88)39-73(54,7)75(63,104-64)62(89)43-100-67(91)48(33-44(2)3)35-59(86)58(40-84)82-70(94)101-41-46-18-20-49(21-19-46)81-66(90)47(15-13-24-79-68(78)92)34-60(87)65(45(4)5)83-71(95)99-32-31-98-30-29-97-28-27-96-26-25-80-69(93)102-42-53-51-16-11-9-10-12-17-52(51)53/h18-23,36,44-45,47-48,51-55,57-58,61,63-65,84,88H,8,11-17,24-35,37-43H2,1-7H3,(H,80,93)(H,81,90)(H,82,94)(H,83,95)(H3,78,79,92)/t47-,48-,51-,52+,53?,54+,55+,57+,58+,61+,63-,64?,65+,72+,73+,74+,75-/m1/s1. The van der Waals surface area contributed by atoms with Crippen LogP contribution < -0.4 is 32.3 Å². The number of ether oxygens (including phenoxy) is 9. The number of hydrogen-bond donors (Lipinski definition) is 8. The first-order valence-corrected chi connectivity index (χ1v) is 36.6. The van der Waals surface area contributed by atoms with E-state index in [4.69, 9.17) is 48.4 Å². The van der Waals surface area contributed by atoms with E-state index in [1.165, 1.54) is 31.2 Å². The Kier molecular flexibility index (Phi) is 29.8. The molecule has 1 aliphatic heterocycles. The number of hydrogen-bond acceptors (Lipinski definition) is 21. The van der Waals surface area contributed by atoms with Crippen molar-refractivity contribution in [3.63, 3.8) is 0 Å². The number of carbonyl (C=O) groups excluding carboxylic acids is 10. The number of urea groups is 1. The minimum Gasteiger partial charge on any atom is -0.457 e. The summed E-state index contributed by atoms with van der Waals surface area (Å²) in [6.45, 7) is 12.1. The fourth-order valence-corrected chi connectivity index (χ4v) is 16.5. The van der Waals surface area contributed by atoms with Crippen molar-refractivity contribution in [2.45, 2.75) is 193 Å². The van der Waals surface area contributed by atoms with Gasteiger partial charge in [-0.25, -0.2) is 28.0 Å². The lowest BCUT2D eigenvalue weighted by Crippen LogP contribution is -2.71. The molecule has 104 heavy (non-hydrogen) atoms. The number of Topliss-reactive ketones (excluding diaryl/α,β-unsaturated/α-hetero) is 3. The molecule has 29 heteroatoms. The molecule has 6 amide bonds. The maximum atomic E-state index is 18.1. The Balaban J connectivity index is 0.749. The lowest BCUT2D eigenvalue weighted by Gasteiger charge is -2.63. The molecule has 27 nitrogen and oxygen atoms in total. The van der Waals surface area contributed by atoms with Gasteiger partial charge in [-0.1, -0.05) is 66.2 Å². The number of nitrogens with two attached hydrogens (primary N) is 1. The van der Waals surface area contributed by atoms with Gasteiger partial charge in [0, 0.05) is 67.1 Å². The van der Waals surface area contributed by atoms with Crippen molar-refractivity contribution < 1.29 is 110 Å². The van der Waals surface area contributed by atoms with Gasteiger partial charge in [0.25, 0.3) is 0 Å². The van der Waals surface area contributed by atoms with E-state index in [2.05, 4.69) is 38.4 Å². The summed E-state index contributed by atoms with van der Waals surface area (Å²) < 4.78 is 85.6. The van der Waals surface area contributed by atoms with Crippen molar-refractivity contribution in [1.29, 1.82) is 0 Å². The maximum Gasteiger partial charge on any atom is 0.408 e. The zero-order valence-electron chi connectivity index (χ0n) is 60.8. The minimum atomic E-state index is -2.44. The second kappa shape index (κ2) is 37.7. The van der Waals surface area contributed by atoms with Crippen LogP contribution in [-0.2, 0) is 78.0 Å². The molecule has 1 heterocycles. The Hall–Kier alpha value is -7.46. The fourth-order valence-electron chi connectivity index (χ4n) is 16.5. The lowest BCUT2D eigenvalue weighted by molar-refractivity contribution is -0.235. The molecule has 5 fully saturated rings. The summed E-state index contributed by atoms with van der Waals surface area (Å²) in [5.41, 5.74) is -1.39. The van der Waals surface area contributed by atoms with Gasteiger partial charge in [0.05, 0.1) is 77.0 Å². The molecule has 1 aromatic carbocycles. The highest BCUT2D eigenvalue weighted by Crippen LogP contribution is 2.72. The van der Waals surface area contributed by atoms with E-state index in [1.54, 1.807) is 46.8 Å². The molecule has 0 spiro atoms. The number of aliphatic hydroxyl groups is 2.